The normalized spacial score (nSPS) is 18.5. The number of piperazine rings is 1. The van der Waals surface area contributed by atoms with E-state index in [1.165, 1.54) is 10.9 Å². The summed E-state index contributed by atoms with van der Waals surface area (Å²) in [5.74, 6) is -0.301. The minimum absolute atomic E-state index is 0.0191. The first-order valence-corrected chi connectivity index (χ1v) is 13.5. The van der Waals surface area contributed by atoms with Gasteiger partial charge in [0.05, 0.1) is 11.0 Å². The molecule has 2 heterocycles. The maximum Gasteiger partial charge on any atom is 0.223 e. The number of rotatable bonds is 7. The molecule has 0 atom stereocenters. The summed E-state index contributed by atoms with van der Waals surface area (Å²) in [7, 11) is -3.15. The molecule has 1 aromatic carbocycles. The number of hydrogen-bond acceptors (Lipinski definition) is 5. The van der Waals surface area contributed by atoms with Gasteiger partial charge < -0.3 is 4.90 Å². The van der Waals surface area contributed by atoms with Crippen LogP contribution in [0, 0.1) is 5.82 Å². The summed E-state index contributed by atoms with van der Waals surface area (Å²) in [6.45, 7) is 3.61. The Kier molecular flexibility index (Phi) is 7.08. The largest absolute Gasteiger partial charge is 0.340 e. The highest BCUT2D eigenvalue weighted by Gasteiger charge is 2.30. The number of halogens is 1. The molecule has 5 nitrogen and oxygen atoms in total. The lowest BCUT2D eigenvalue weighted by Crippen LogP contribution is -2.48. The van der Waals surface area contributed by atoms with Crippen molar-refractivity contribution in [2.45, 2.75) is 43.9 Å². The molecule has 4 rings (SSSR count). The van der Waals surface area contributed by atoms with Crippen LogP contribution in [0.4, 0.5) is 4.39 Å². The van der Waals surface area contributed by atoms with Crippen LogP contribution in [0.1, 0.15) is 37.0 Å². The molecule has 2 fully saturated rings. The van der Waals surface area contributed by atoms with Gasteiger partial charge in [-0.25, -0.2) is 12.8 Å². The van der Waals surface area contributed by atoms with E-state index in [0.717, 1.165) is 55.8 Å². The van der Waals surface area contributed by atoms with E-state index in [2.05, 4.69) is 11.0 Å². The molecule has 2 aliphatic rings. The predicted octanol–water partition coefficient (Wildman–Crippen LogP) is 3.95. The first-order valence-electron chi connectivity index (χ1n) is 11.0. The summed E-state index contributed by atoms with van der Waals surface area (Å²) in [5.41, 5.74) is 0.888. The molecule has 2 aromatic rings. The van der Waals surface area contributed by atoms with E-state index in [1.54, 1.807) is 28.4 Å². The van der Waals surface area contributed by atoms with Crippen LogP contribution in [0.15, 0.2) is 36.4 Å². The zero-order chi connectivity index (χ0) is 21.8. The van der Waals surface area contributed by atoms with Crippen molar-refractivity contribution in [1.29, 1.82) is 0 Å². The van der Waals surface area contributed by atoms with E-state index in [0.29, 0.717) is 13.1 Å². The van der Waals surface area contributed by atoms with Crippen LogP contribution in [0.25, 0.3) is 10.4 Å². The van der Waals surface area contributed by atoms with Crippen molar-refractivity contribution in [3.8, 4) is 10.4 Å². The molecule has 8 heteroatoms. The van der Waals surface area contributed by atoms with Crippen molar-refractivity contribution in [1.82, 2.24) is 9.80 Å². The third-order valence-electron chi connectivity index (χ3n) is 6.29. The van der Waals surface area contributed by atoms with Gasteiger partial charge >= 0.3 is 0 Å². The Labute approximate surface area is 187 Å². The Morgan fingerprint density at radius 1 is 1.06 bits per heavy atom. The zero-order valence-electron chi connectivity index (χ0n) is 17.6. The molecule has 1 amide bonds. The fourth-order valence-electron chi connectivity index (χ4n) is 4.44. The summed E-state index contributed by atoms with van der Waals surface area (Å²) in [4.78, 5) is 18.9. The fourth-order valence-corrected chi connectivity index (χ4v) is 7.33. The van der Waals surface area contributed by atoms with Gasteiger partial charge in [-0.1, -0.05) is 25.0 Å². The second-order valence-corrected chi connectivity index (χ2v) is 12.0. The first-order chi connectivity index (χ1) is 14.9. The number of carbonyl (C=O) groups is 1. The standard InChI is InChI=1S/C23H29FN2O3S2/c24-19-5-3-4-18(16-19)22-9-8-20(30-22)17-25-11-13-26(14-12-25)23(27)10-15-31(28,29)21-6-1-2-7-21/h3-5,8-9,16,21H,1-2,6-7,10-15,17H2. The highest BCUT2D eigenvalue weighted by molar-refractivity contribution is 7.92. The molecule has 1 saturated heterocycles. The number of nitrogens with zero attached hydrogens (tertiary/aromatic N) is 2. The van der Waals surface area contributed by atoms with E-state index >= 15 is 0 Å². The number of thiophene rings is 1. The minimum Gasteiger partial charge on any atom is -0.340 e. The van der Waals surface area contributed by atoms with Gasteiger partial charge in [-0.15, -0.1) is 11.3 Å². The highest BCUT2D eigenvalue weighted by atomic mass is 32.2. The van der Waals surface area contributed by atoms with Gasteiger partial charge in [0.25, 0.3) is 0 Å². The van der Waals surface area contributed by atoms with Gasteiger partial charge in [0, 0.05) is 48.9 Å². The number of sulfone groups is 1. The quantitative estimate of drug-likeness (QED) is 0.623. The Morgan fingerprint density at radius 3 is 2.52 bits per heavy atom. The second kappa shape index (κ2) is 9.79. The van der Waals surface area contributed by atoms with Gasteiger partial charge in [0.15, 0.2) is 9.84 Å². The van der Waals surface area contributed by atoms with Gasteiger partial charge in [-0.3, -0.25) is 9.69 Å². The first kappa shape index (κ1) is 22.4. The third kappa shape index (κ3) is 5.73. The monoisotopic (exact) mass is 464 g/mol. The van der Waals surface area contributed by atoms with Crippen LogP contribution in [0.5, 0.6) is 0 Å². The zero-order valence-corrected chi connectivity index (χ0v) is 19.3. The second-order valence-electron chi connectivity index (χ2n) is 8.46. The van der Waals surface area contributed by atoms with Crippen molar-refractivity contribution in [3.63, 3.8) is 0 Å². The molecular weight excluding hydrogens is 435 g/mol. The van der Waals surface area contributed by atoms with Gasteiger partial charge in [0.1, 0.15) is 5.82 Å². The lowest BCUT2D eigenvalue weighted by atomic mass is 10.2. The van der Waals surface area contributed by atoms with Crippen molar-refractivity contribution >= 4 is 27.1 Å². The summed E-state index contributed by atoms with van der Waals surface area (Å²) in [6.07, 6.45) is 3.56. The SMILES string of the molecule is O=C(CCS(=O)(=O)C1CCCC1)N1CCN(Cc2ccc(-c3cccc(F)c3)s2)CC1. The minimum atomic E-state index is -3.15. The van der Waals surface area contributed by atoms with Crippen molar-refractivity contribution in [3.05, 3.63) is 47.1 Å². The Balaban J connectivity index is 1.24. The molecule has 0 N–H and O–H groups in total. The fraction of sp³-hybridized carbons (Fsp3) is 0.522. The maximum atomic E-state index is 13.5. The van der Waals surface area contributed by atoms with Crippen LogP contribution >= 0.6 is 11.3 Å². The predicted molar refractivity (Wildman–Crippen MR) is 122 cm³/mol. The van der Waals surface area contributed by atoms with E-state index in [-0.39, 0.29) is 29.1 Å². The lowest BCUT2D eigenvalue weighted by molar-refractivity contribution is -0.132. The van der Waals surface area contributed by atoms with Crippen molar-refractivity contribution in [2.75, 3.05) is 31.9 Å². The summed E-state index contributed by atoms with van der Waals surface area (Å²) < 4.78 is 38.3. The Bertz CT molecular complexity index is 1010. The van der Waals surface area contributed by atoms with Gasteiger partial charge in [-0.05, 0) is 42.7 Å². The number of amides is 1. The Hall–Kier alpha value is -1.77. The number of benzene rings is 1. The molecule has 0 bridgehead atoms. The van der Waals surface area contributed by atoms with Crippen LogP contribution in [-0.2, 0) is 21.2 Å². The van der Waals surface area contributed by atoms with Crippen molar-refractivity contribution in [2.24, 2.45) is 0 Å². The molecule has 0 spiro atoms. The number of carbonyl (C=O) groups excluding carboxylic acids is 1. The smallest absolute Gasteiger partial charge is 0.223 e. The number of hydrogen-bond donors (Lipinski definition) is 0. The van der Waals surface area contributed by atoms with E-state index in [4.69, 9.17) is 0 Å². The maximum absolute atomic E-state index is 13.5. The lowest BCUT2D eigenvalue weighted by Gasteiger charge is -2.34. The molecule has 1 aromatic heterocycles. The summed E-state index contributed by atoms with van der Waals surface area (Å²) in [6, 6.07) is 10.7. The van der Waals surface area contributed by atoms with Crippen LogP contribution in [0.3, 0.4) is 0 Å². The topological polar surface area (TPSA) is 57.7 Å². The van der Waals surface area contributed by atoms with Crippen LogP contribution in [-0.4, -0.2) is 61.3 Å². The molecule has 168 valence electrons. The average Bonchev–Trinajstić information content (AvgIpc) is 3.46. The summed E-state index contributed by atoms with van der Waals surface area (Å²) >= 11 is 1.66. The molecule has 1 saturated carbocycles. The Morgan fingerprint density at radius 2 is 1.81 bits per heavy atom. The van der Waals surface area contributed by atoms with E-state index < -0.39 is 9.84 Å². The van der Waals surface area contributed by atoms with Gasteiger partial charge in [0.2, 0.25) is 5.91 Å². The molecule has 0 radical (unpaired) electrons. The van der Waals surface area contributed by atoms with Crippen LogP contribution < -0.4 is 0 Å². The third-order valence-corrected chi connectivity index (χ3v) is 9.67. The van der Waals surface area contributed by atoms with Gasteiger partial charge in [-0.2, -0.15) is 0 Å². The molecule has 31 heavy (non-hydrogen) atoms. The molecular formula is C23H29FN2O3S2. The summed E-state index contributed by atoms with van der Waals surface area (Å²) in [5, 5.41) is -0.236. The average molecular weight is 465 g/mol. The van der Waals surface area contributed by atoms with E-state index in [9.17, 15) is 17.6 Å². The highest BCUT2D eigenvalue weighted by Crippen LogP contribution is 2.29. The molecule has 1 aliphatic carbocycles. The van der Waals surface area contributed by atoms with E-state index in [1.807, 2.05) is 12.1 Å². The van der Waals surface area contributed by atoms with Crippen molar-refractivity contribution < 1.29 is 17.6 Å². The molecule has 0 unspecified atom stereocenters. The molecule has 1 aliphatic heterocycles. The van der Waals surface area contributed by atoms with Crippen LogP contribution in [0.2, 0.25) is 0 Å².